The molecule has 17 heavy (non-hydrogen) atoms. The van der Waals surface area contributed by atoms with Crippen molar-refractivity contribution in [2.75, 3.05) is 12.8 Å². The molecule has 96 valence electrons. The van der Waals surface area contributed by atoms with E-state index in [9.17, 15) is 0 Å². The molecule has 1 saturated carbocycles. The van der Waals surface area contributed by atoms with Gasteiger partial charge in [-0.2, -0.15) is 11.8 Å². The lowest BCUT2D eigenvalue weighted by atomic mass is 10.1. The van der Waals surface area contributed by atoms with E-state index in [4.69, 9.17) is 0 Å². The summed E-state index contributed by atoms with van der Waals surface area (Å²) in [6, 6.07) is 0. The van der Waals surface area contributed by atoms with Crippen LogP contribution in [0, 0.1) is 13.8 Å². The normalized spacial score (nSPS) is 18.8. The van der Waals surface area contributed by atoms with E-state index in [0.29, 0.717) is 4.75 Å². The second-order valence-corrected chi connectivity index (χ2v) is 7.51. The number of hydrogen-bond acceptors (Lipinski definition) is 4. The predicted molar refractivity (Wildman–Crippen MR) is 78.0 cm³/mol. The van der Waals surface area contributed by atoms with Gasteiger partial charge in [-0.05, 0) is 32.9 Å². The Morgan fingerprint density at radius 3 is 2.59 bits per heavy atom. The number of hydrogen-bond donors (Lipinski definition) is 1. The standard InChI is InChI=1S/C13H22N2S2/c1-10-11(2)17-12(15-10)8-14-9-13(16-3)6-4-5-7-13/h14H,4-9H2,1-3H3. The average Bonchev–Trinajstić information content (AvgIpc) is 2.89. The van der Waals surface area contributed by atoms with Crippen LogP contribution in [0.25, 0.3) is 0 Å². The van der Waals surface area contributed by atoms with Crippen LogP contribution in [0.4, 0.5) is 0 Å². The monoisotopic (exact) mass is 270 g/mol. The topological polar surface area (TPSA) is 24.9 Å². The summed E-state index contributed by atoms with van der Waals surface area (Å²) in [6.45, 7) is 6.31. The number of aryl methyl sites for hydroxylation is 2. The first kappa shape index (κ1) is 13.4. The Balaban J connectivity index is 1.82. The molecule has 2 nitrogen and oxygen atoms in total. The van der Waals surface area contributed by atoms with Crippen molar-refractivity contribution < 1.29 is 0 Å². The largest absolute Gasteiger partial charge is 0.309 e. The van der Waals surface area contributed by atoms with Crippen LogP contribution < -0.4 is 5.32 Å². The summed E-state index contributed by atoms with van der Waals surface area (Å²) >= 11 is 3.87. The second kappa shape index (κ2) is 5.72. The highest BCUT2D eigenvalue weighted by Gasteiger charge is 2.32. The number of aromatic nitrogens is 1. The highest BCUT2D eigenvalue weighted by Crippen LogP contribution is 2.39. The van der Waals surface area contributed by atoms with E-state index in [1.807, 2.05) is 23.1 Å². The molecule has 1 fully saturated rings. The third-order valence-electron chi connectivity index (χ3n) is 3.74. The van der Waals surface area contributed by atoms with Gasteiger partial charge in [0.2, 0.25) is 0 Å². The van der Waals surface area contributed by atoms with Crippen LogP contribution in [0.2, 0.25) is 0 Å². The van der Waals surface area contributed by atoms with Crippen LogP contribution in [-0.4, -0.2) is 22.5 Å². The molecule has 1 aromatic rings. The Kier molecular flexibility index (Phi) is 4.50. The lowest BCUT2D eigenvalue weighted by molar-refractivity contribution is 0.533. The van der Waals surface area contributed by atoms with Gasteiger partial charge in [-0.15, -0.1) is 11.3 Å². The van der Waals surface area contributed by atoms with Crippen molar-refractivity contribution in [2.45, 2.75) is 50.8 Å². The lowest BCUT2D eigenvalue weighted by Gasteiger charge is -2.26. The highest BCUT2D eigenvalue weighted by atomic mass is 32.2. The van der Waals surface area contributed by atoms with Crippen LogP contribution in [-0.2, 0) is 6.54 Å². The molecule has 0 radical (unpaired) electrons. The Morgan fingerprint density at radius 1 is 1.35 bits per heavy atom. The molecular formula is C13H22N2S2. The minimum Gasteiger partial charge on any atom is -0.309 e. The van der Waals surface area contributed by atoms with Gasteiger partial charge in [-0.1, -0.05) is 12.8 Å². The third kappa shape index (κ3) is 3.24. The number of thiazole rings is 1. The molecule has 1 N–H and O–H groups in total. The van der Waals surface area contributed by atoms with E-state index < -0.39 is 0 Å². The number of nitrogens with one attached hydrogen (secondary N) is 1. The molecule has 1 aliphatic carbocycles. The van der Waals surface area contributed by atoms with E-state index in [0.717, 1.165) is 13.1 Å². The summed E-state index contributed by atoms with van der Waals surface area (Å²) in [7, 11) is 0. The summed E-state index contributed by atoms with van der Waals surface area (Å²) in [4.78, 5) is 5.92. The maximum Gasteiger partial charge on any atom is 0.107 e. The fourth-order valence-corrected chi connectivity index (χ4v) is 4.33. The van der Waals surface area contributed by atoms with Crippen LogP contribution in [0.15, 0.2) is 0 Å². The highest BCUT2D eigenvalue weighted by molar-refractivity contribution is 8.00. The molecule has 2 rings (SSSR count). The molecule has 1 aliphatic rings. The van der Waals surface area contributed by atoms with Gasteiger partial charge in [0, 0.05) is 22.7 Å². The van der Waals surface area contributed by atoms with Gasteiger partial charge in [0.25, 0.3) is 0 Å². The minimum absolute atomic E-state index is 0.501. The van der Waals surface area contributed by atoms with Crippen molar-refractivity contribution in [1.29, 1.82) is 0 Å². The quantitative estimate of drug-likeness (QED) is 0.886. The van der Waals surface area contributed by atoms with Crippen molar-refractivity contribution in [2.24, 2.45) is 0 Å². The van der Waals surface area contributed by atoms with Gasteiger partial charge in [0.1, 0.15) is 5.01 Å². The Labute approximate surface area is 113 Å². The molecule has 0 saturated heterocycles. The first-order valence-corrected chi connectivity index (χ1v) is 8.38. The zero-order chi connectivity index (χ0) is 12.3. The SMILES string of the molecule is CSC1(CNCc2nc(C)c(C)s2)CCCC1. The van der Waals surface area contributed by atoms with Crippen LogP contribution in [0.1, 0.15) is 41.3 Å². The van der Waals surface area contributed by atoms with E-state index in [-0.39, 0.29) is 0 Å². The number of nitrogens with zero attached hydrogens (tertiary/aromatic N) is 1. The van der Waals surface area contributed by atoms with Crippen molar-refractivity contribution in [1.82, 2.24) is 10.3 Å². The van der Waals surface area contributed by atoms with E-state index in [2.05, 4.69) is 30.4 Å². The Morgan fingerprint density at radius 2 is 2.06 bits per heavy atom. The van der Waals surface area contributed by atoms with Crippen LogP contribution in [0.5, 0.6) is 0 Å². The van der Waals surface area contributed by atoms with E-state index in [1.54, 1.807) is 0 Å². The molecule has 0 unspecified atom stereocenters. The van der Waals surface area contributed by atoms with Crippen molar-refractivity contribution >= 4 is 23.1 Å². The molecule has 0 atom stereocenters. The second-order valence-electron chi connectivity index (χ2n) is 4.95. The Bertz CT molecular complexity index is 348. The number of thioether (sulfide) groups is 1. The molecule has 1 aromatic heterocycles. The summed E-state index contributed by atoms with van der Waals surface area (Å²) in [6.07, 6.45) is 7.80. The zero-order valence-corrected chi connectivity index (χ0v) is 12.6. The van der Waals surface area contributed by atoms with Crippen molar-refractivity contribution in [3.8, 4) is 0 Å². The van der Waals surface area contributed by atoms with Crippen molar-refractivity contribution in [3.05, 3.63) is 15.6 Å². The predicted octanol–water partition coefficient (Wildman–Crippen LogP) is 3.53. The van der Waals surface area contributed by atoms with E-state index >= 15 is 0 Å². The van der Waals surface area contributed by atoms with Gasteiger partial charge in [0.05, 0.1) is 5.69 Å². The maximum absolute atomic E-state index is 4.57. The van der Waals surface area contributed by atoms with Gasteiger partial charge in [-0.3, -0.25) is 0 Å². The summed E-state index contributed by atoms with van der Waals surface area (Å²) < 4.78 is 0.501. The molecule has 1 heterocycles. The molecule has 0 bridgehead atoms. The van der Waals surface area contributed by atoms with Gasteiger partial charge in [0.15, 0.2) is 0 Å². The third-order valence-corrected chi connectivity index (χ3v) is 6.24. The molecular weight excluding hydrogens is 248 g/mol. The minimum atomic E-state index is 0.501. The lowest BCUT2D eigenvalue weighted by Crippen LogP contribution is -2.34. The van der Waals surface area contributed by atoms with Crippen LogP contribution in [0.3, 0.4) is 0 Å². The first-order chi connectivity index (χ1) is 8.15. The van der Waals surface area contributed by atoms with Gasteiger partial charge >= 0.3 is 0 Å². The zero-order valence-electron chi connectivity index (χ0n) is 11.0. The molecule has 0 amide bonds. The molecule has 0 spiro atoms. The molecule has 4 heteroatoms. The Hall–Kier alpha value is -0.0600. The number of rotatable bonds is 5. The summed E-state index contributed by atoms with van der Waals surface area (Å²) in [5, 5.41) is 4.83. The average molecular weight is 270 g/mol. The fraction of sp³-hybridized carbons (Fsp3) is 0.769. The molecule has 0 aromatic carbocycles. The maximum atomic E-state index is 4.57. The fourth-order valence-electron chi connectivity index (χ4n) is 2.48. The van der Waals surface area contributed by atoms with Crippen LogP contribution >= 0.6 is 23.1 Å². The van der Waals surface area contributed by atoms with Crippen molar-refractivity contribution in [3.63, 3.8) is 0 Å². The van der Waals surface area contributed by atoms with Gasteiger partial charge < -0.3 is 5.32 Å². The summed E-state index contributed by atoms with van der Waals surface area (Å²) in [5.41, 5.74) is 1.19. The van der Waals surface area contributed by atoms with E-state index in [1.165, 1.54) is 41.3 Å². The smallest absolute Gasteiger partial charge is 0.107 e. The van der Waals surface area contributed by atoms with Gasteiger partial charge in [-0.25, -0.2) is 4.98 Å². The molecule has 0 aliphatic heterocycles. The first-order valence-electron chi connectivity index (χ1n) is 6.34. The summed E-state index contributed by atoms with van der Waals surface area (Å²) in [5.74, 6) is 0.